The predicted octanol–water partition coefficient (Wildman–Crippen LogP) is 2.62. The van der Waals surface area contributed by atoms with Crippen LogP contribution in [0.2, 0.25) is 0 Å². The zero-order chi connectivity index (χ0) is 46.3. The van der Waals surface area contributed by atoms with E-state index in [4.69, 9.17) is 19.1 Å². The molecule has 0 spiro atoms. The first-order valence-electron chi connectivity index (χ1n) is 20.2. The number of nitrogens with zero attached hydrogens (tertiary/aromatic N) is 6. The quantitative estimate of drug-likeness (QED) is 0.0550. The summed E-state index contributed by atoms with van der Waals surface area (Å²) < 4.78 is 47.7. The van der Waals surface area contributed by atoms with Crippen LogP contribution in [0.15, 0.2) is 49.1 Å². The van der Waals surface area contributed by atoms with E-state index < -0.39 is 56.8 Å². The monoisotopic (exact) mass is 915 g/mol. The van der Waals surface area contributed by atoms with Gasteiger partial charge in [0.05, 0.1) is 25.5 Å². The molecule has 2 aromatic heterocycles. The number of fused-ring (bicyclic) bond motifs is 1. The maximum atomic E-state index is 14.8. The van der Waals surface area contributed by atoms with Gasteiger partial charge in [0.2, 0.25) is 17.7 Å². The fraction of sp³-hybridized carbons (Fsp3) is 0.487. The lowest BCUT2D eigenvalue weighted by Gasteiger charge is -2.21. The normalized spacial score (nSPS) is 17.6. The second-order valence-electron chi connectivity index (χ2n) is 14.9. The highest BCUT2D eigenvalue weighted by Crippen LogP contribution is 2.35. The van der Waals surface area contributed by atoms with E-state index in [1.165, 1.54) is 35.0 Å². The fourth-order valence-corrected chi connectivity index (χ4v) is 6.71. The number of rotatable bonds is 22. The Hall–Kier alpha value is -6.49. The number of benzene rings is 1. The number of anilines is 2. The maximum absolute atomic E-state index is 14.8. The molecule has 1 fully saturated rings. The average molecular weight is 916 g/mol. The van der Waals surface area contributed by atoms with Crippen LogP contribution in [0.25, 0.3) is 11.2 Å². The number of aromatic nitrogens is 4. The first-order chi connectivity index (χ1) is 30.6. The molecule has 2 aliphatic heterocycles. The minimum Gasteiger partial charge on any atom is -0.447 e. The van der Waals surface area contributed by atoms with Crippen LogP contribution in [0.1, 0.15) is 57.7 Å². The van der Waals surface area contributed by atoms with Crippen LogP contribution in [0, 0.1) is 5.92 Å². The molecule has 5 rings (SSSR count). The number of halogens is 1. The van der Waals surface area contributed by atoms with Crippen LogP contribution in [0.5, 0.6) is 0 Å². The lowest BCUT2D eigenvalue weighted by Crippen LogP contribution is -2.51. The molecular weight excluding hydrogens is 866 g/mol. The summed E-state index contributed by atoms with van der Waals surface area (Å²) in [6.07, 6.45) is 1.46. The van der Waals surface area contributed by atoms with E-state index in [0.29, 0.717) is 30.5 Å². The Balaban J connectivity index is 0.960. The molecule has 2 unspecified atom stereocenters. The largest absolute Gasteiger partial charge is 0.694 e. The number of carbonyl (C=O) groups is 7. The number of ether oxygens (including phenoxy) is 3. The standard InChI is InChI=1S/C39H48FN10O13P/c1-23(2)32(46-28(51)7-5-4-6-14-49-30(53)12-13-31(49)54)36(55)41-18-29(52)45-25-10-8-24(9-11-25)19-61-39(57)48(3)15-16-60-38(56)47-34-33-35(43-21-42-34)50(22-44-33)37-27(40)17-26(63-37)20-62-64(58)59/h8-13,21-23,26-27,32,37H,4-7,14-20H2,1-3H3,(H4-,41,42,43,45,46,47,51,52,55,56,58,59)/p+1/t26-,27+,32?,37+/m0/s1. The summed E-state index contributed by atoms with van der Waals surface area (Å²) >= 11 is 0. The van der Waals surface area contributed by atoms with Crippen LogP contribution >= 0.6 is 8.25 Å². The summed E-state index contributed by atoms with van der Waals surface area (Å²) in [5.41, 5.74) is 1.27. The summed E-state index contributed by atoms with van der Waals surface area (Å²) in [7, 11) is -1.43. The third-order valence-electron chi connectivity index (χ3n) is 9.80. The summed E-state index contributed by atoms with van der Waals surface area (Å²) in [6, 6.07) is 5.55. The highest BCUT2D eigenvalue weighted by Gasteiger charge is 2.39. The van der Waals surface area contributed by atoms with E-state index in [1.54, 1.807) is 38.1 Å². The molecule has 0 aliphatic carbocycles. The highest BCUT2D eigenvalue weighted by molar-refractivity contribution is 7.32. The molecule has 7 amide bonds. The van der Waals surface area contributed by atoms with Gasteiger partial charge < -0.3 is 35.1 Å². The molecule has 0 radical (unpaired) electrons. The predicted molar refractivity (Wildman–Crippen MR) is 221 cm³/mol. The van der Waals surface area contributed by atoms with E-state index in [-0.39, 0.29) is 92.9 Å². The molecule has 2 aliphatic rings. The van der Waals surface area contributed by atoms with E-state index >= 15 is 0 Å². The van der Waals surface area contributed by atoms with Crippen molar-refractivity contribution in [1.82, 2.24) is 40.0 Å². The van der Waals surface area contributed by atoms with Gasteiger partial charge in [-0.1, -0.05) is 32.4 Å². The number of carbonyl (C=O) groups excluding carboxylic acids is 7. The maximum Gasteiger partial charge on any atom is 0.694 e. The van der Waals surface area contributed by atoms with Crippen molar-refractivity contribution >= 4 is 72.6 Å². The lowest BCUT2D eigenvalue weighted by atomic mass is 10.0. The number of nitrogens with one attached hydrogen (secondary N) is 4. The zero-order valence-corrected chi connectivity index (χ0v) is 36.0. The lowest BCUT2D eigenvalue weighted by molar-refractivity contribution is -0.137. The van der Waals surface area contributed by atoms with Crippen molar-refractivity contribution in [3.63, 3.8) is 0 Å². The van der Waals surface area contributed by atoms with Crippen LogP contribution < -0.4 is 21.3 Å². The summed E-state index contributed by atoms with van der Waals surface area (Å²) in [5, 5.41) is 10.3. The Morgan fingerprint density at radius 2 is 1.73 bits per heavy atom. The topological polar surface area (TPSA) is 292 Å². The Morgan fingerprint density at radius 1 is 1.00 bits per heavy atom. The average Bonchev–Trinajstić information content (AvgIpc) is 3.95. The van der Waals surface area contributed by atoms with E-state index in [1.807, 2.05) is 0 Å². The molecular formula is C39H49FN10O13P+. The first kappa shape index (κ1) is 48.5. The number of likely N-dealkylation sites (N-methyl/N-ethyl adjacent to an activating group) is 1. The van der Waals surface area contributed by atoms with Crippen LogP contribution in [-0.4, -0.2) is 134 Å². The molecule has 1 aromatic carbocycles. The van der Waals surface area contributed by atoms with Gasteiger partial charge in [-0.25, -0.2) is 28.9 Å². The van der Waals surface area contributed by atoms with Crippen molar-refractivity contribution in [3.05, 3.63) is 54.6 Å². The molecule has 344 valence electrons. The van der Waals surface area contributed by atoms with Crippen molar-refractivity contribution in [3.8, 4) is 0 Å². The number of amides is 7. The third kappa shape index (κ3) is 14.0. The Morgan fingerprint density at radius 3 is 2.44 bits per heavy atom. The molecule has 1 saturated heterocycles. The van der Waals surface area contributed by atoms with Crippen LogP contribution in [-0.2, 0) is 53.9 Å². The molecule has 0 saturated carbocycles. The number of imide groups is 1. The summed E-state index contributed by atoms with van der Waals surface area (Å²) in [5.74, 6) is -2.38. The smallest absolute Gasteiger partial charge is 0.447 e. The highest BCUT2D eigenvalue weighted by atomic mass is 31.1. The van der Waals surface area contributed by atoms with Gasteiger partial charge in [-0.15, -0.1) is 9.42 Å². The Labute approximate surface area is 366 Å². The van der Waals surface area contributed by atoms with Gasteiger partial charge in [0.25, 0.3) is 11.8 Å². The van der Waals surface area contributed by atoms with E-state index in [0.717, 1.165) is 11.2 Å². The van der Waals surface area contributed by atoms with Crippen molar-refractivity contribution in [2.45, 2.75) is 77.1 Å². The molecule has 3 aromatic rings. The van der Waals surface area contributed by atoms with Gasteiger partial charge in [-0.05, 0) is 36.5 Å². The van der Waals surface area contributed by atoms with Gasteiger partial charge in [0, 0.05) is 48.8 Å². The number of alkyl halides is 1. The molecule has 0 bridgehead atoms. The van der Waals surface area contributed by atoms with Crippen molar-refractivity contribution < 1.29 is 66.1 Å². The minimum atomic E-state index is -2.87. The Bertz CT molecular complexity index is 2210. The molecule has 25 heteroatoms. The van der Waals surface area contributed by atoms with Crippen molar-refractivity contribution in [1.29, 1.82) is 0 Å². The number of hydrogen-bond donors (Lipinski definition) is 5. The second kappa shape index (κ2) is 23.3. The van der Waals surface area contributed by atoms with Gasteiger partial charge in [-0.3, -0.25) is 38.8 Å². The van der Waals surface area contributed by atoms with Crippen molar-refractivity contribution in [2.75, 3.05) is 50.5 Å². The van der Waals surface area contributed by atoms with Gasteiger partial charge >= 0.3 is 20.4 Å². The van der Waals surface area contributed by atoms with Crippen LogP contribution in [0.3, 0.4) is 0 Å². The number of hydrogen-bond acceptors (Lipinski definition) is 15. The second-order valence-corrected chi connectivity index (χ2v) is 15.7. The van der Waals surface area contributed by atoms with Gasteiger partial charge in [-0.2, -0.15) is 0 Å². The molecule has 5 N–H and O–H groups in total. The summed E-state index contributed by atoms with van der Waals surface area (Å²) in [6.45, 7) is 2.78. The molecule has 4 heterocycles. The minimum absolute atomic E-state index is 0.0315. The summed E-state index contributed by atoms with van der Waals surface area (Å²) in [4.78, 5) is 110. The number of imidazole rings is 1. The Kier molecular flexibility index (Phi) is 17.6. The molecule has 64 heavy (non-hydrogen) atoms. The van der Waals surface area contributed by atoms with Gasteiger partial charge in [0.1, 0.15) is 38.4 Å². The first-order valence-corrected chi connectivity index (χ1v) is 21.3. The number of unbranched alkanes of at least 4 members (excludes halogenated alkanes) is 2. The van der Waals surface area contributed by atoms with Crippen LogP contribution in [0.4, 0.5) is 25.5 Å². The molecule has 23 nitrogen and oxygen atoms in total. The van der Waals surface area contributed by atoms with Crippen molar-refractivity contribution in [2.24, 2.45) is 5.92 Å². The fourth-order valence-electron chi connectivity index (χ4n) is 6.41. The van der Waals surface area contributed by atoms with Gasteiger partial charge in [0.15, 0.2) is 23.2 Å². The third-order valence-corrected chi connectivity index (χ3v) is 10.2. The zero-order valence-electron chi connectivity index (χ0n) is 35.1. The van der Waals surface area contributed by atoms with E-state index in [2.05, 4.69) is 40.7 Å². The SMILES string of the molecule is CC(C)C(NC(=O)CCCCCN1C(=O)C=CC1=O)C(=O)NCC(=O)Nc1ccc(COC(=O)N(C)CCOC(=O)Nc2ncnc3c2ncn3[C@@H]2O[C@H](CO[P+](=O)O)C[C@H]2F)cc1. The molecule has 5 atom stereocenters. The van der Waals surface area contributed by atoms with E-state index in [9.17, 15) is 42.5 Å².